The lowest BCUT2D eigenvalue weighted by atomic mass is 10.2. The molecular weight excluding hydrogens is 373 g/mol. The molecule has 0 bridgehead atoms. The highest BCUT2D eigenvalue weighted by molar-refractivity contribution is 6.34. The summed E-state index contributed by atoms with van der Waals surface area (Å²) in [5, 5.41) is 0.845. The van der Waals surface area contributed by atoms with Crippen LogP contribution in [-0.2, 0) is 6.42 Å². The predicted molar refractivity (Wildman–Crippen MR) is 100 cm³/mol. The molecule has 2 aromatic carbocycles. The number of carbonyl (C=O) groups excluding carboxylic acids is 1. The first-order valence-electron chi connectivity index (χ1n) is 7.96. The lowest BCUT2D eigenvalue weighted by molar-refractivity contribution is 0.0986. The van der Waals surface area contributed by atoms with Crippen LogP contribution in [0.5, 0.6) is 11.6 Å². The summed E-state index contributed by atoms with van der Waals surface area (Å²) in [5.74, 6) is 0.246. The number of nitrogens with zero attached hydrogens (tertiary/aromatic N) is 3. The third kappa shape index (κ3) is 3.11. The first-order chi connectivity index (χ1) is 12.6. The fraction of sp³-hybridized carbons (Fsp3) is 0.105. The maximum atomic E-state index is 13.1. The summed E-state index contributed by atoms with van der Waals surface area (Å²) in [6.07, 6.45) is 3.58. The Bertz CT molecular complexity index is 994. The van der Waals surface area contributed by atoms with Crippen molar-refractivity contribution < 1.29 is 9.53 Å². The van der Waals surface area contributed by atoms with E-state index >= 15 is 0 Å². The number of benzene rings is 2. The average molecular weight is 386 g/mol. The first kappa shape index (κ1) is 16.8. The molecule has 0 radical (unpaired) electrons. The SMILES string of the molecule is O=C(c1cncnc1Oc1cc(Cl)ccc1Cl)N1CCc2ccccc21. The zero-order valence-corrected chi connectivity index (χ0v) is 15.0. The van der Waals surface area contributed by atoms with Gasteiger partial charge in [0.25, 0.3) is 5.91 Å². The fourth-order valence-corrected chi connectivity index (χ4v) is 3.22. The molecule has 0 spiro atoms. The van der Waals surface area contributed by atoms with Crippen LogP contribution >= 0.6 is 23.2 Å². The molecule has 26 heavy (non-hydrogen) atoms. The van der Waals surface area contributed by atoms with Crippen LogP contribution in [0.1, 0.15) is 15.9 Å². The van der Waals surface area contributed by atoms with Crippen molar-refractivity contribution in [2.24, 2.45) is 0 Å². The van der Waals surface area contributed by atoms with E-state index in [1.165, 1.54) is 12.5 Å². The van der Waals surface area contributed by atoms with E-state index in [0.717, 1.165) is 17.7 Å². The van der Waals surface area contributed by atoms with Crippen LogP contribution in [0.4, 0.5) is 5.69 Å². The zero-order chi connectivity index (χ0) is 18.1. The Morgan fingerprint density at radius 2 is 2.00 bits per heavy atom. The molecule has 0 N–H and O–H groups in total. The lowest BCUT2D eigenvalue weighted by Crippen LogP contribution is -2.29. The second kappa shape index (κ2) is 6.94. The molecule has 1 aliphatic heterocycles. The molecule has 5 nitrogen and oxygen atoms in total. The molecule has 1 amide bonds. The van der Waals surface area contributed by atoms with Crippen LogP contribution in [0.3, 0.4) is 0 Å². The van der Waals surface area contributed by atoms with E-state index < -0.39 is 0 Å². The molecule has 4 rings (SSSR count). The number of para-hydroxylation sites is 1. The molecule has 1 aromatic heterocycles. The van der Waals surface area contributed by atoms with Gasteiger partial charge in [0.05, 0.1) is 5.02 Å². The summed E-state index contributed by atoms with van der Waals surface area (Å²) in [6, 6.07) is 12.7. The molecule has 0 aliphatic carbocycles. The van der Waals surface area contributed by atoms with E-state index in [9.17, 15) is 4.79 Å². The standard InChI is InChI=1S/C19H13Cl2N3O2/c20-13-5-6-15(21)17(9-13)26-18-14(10-22-11-23-18)19(25)24-8-7-12-3-1-2-4-16(12)24/h1-6,9-11H,7-8H2. The van der Waals surface area contributed by atoms with Gasteiger partial charge >= 0.3 is 0 Å². The first-order valence-corrected chi connectivity index (χ1v) is 8.72. The number of aromatic nitrogens is 2. The zero-order valence-electron chi connectivity index (χ0n) is 13.5. The number of fused-ring (bicyclic) bond motifs is 1. The van der Waals surface area contributed by atoms with E-state index in [1.807, 2.05) is 24.3 Å². The highest BCUT2D eigenvalue weighted by Gasteiger charge is 2.28. The van der Waals surface area contributed by atoms with Crippen LogP contribution < -0.4 is 9.64 Å². The number of anilines is 1. The van der Waals surface area contributed by atoms with Crippen molar-refractivity contribution in [2.75, 3.05) is 11.4 Å². The Morgan fingerprint density at radius 3 is 2.88 bits per heavy atom. The number of carbonyl (C=O) groups is 1. The van der Waals surface area contributed by atoms with Gasteiger partial charge in [-0.25, -0.2) is 9.97 Å². The third-order valence-corrected chi connectivity index (χ3v) is 4.69. The van der Waals surface area contributed by atoms with E-state index in [0.29, 0.717) is 22.3 Å². The molecule has 3 aromatic rings. The molecule has 0 fully saturated rings. The van der Waals surface area contributed by atoms with Crippen molar-refractivity contribution in [1.29, 1.82) is 0 Å². The van der Waals surface area contributed by atoms with Gasteiger partial charge in [-0.1, -0.05) is 41.4 Å². The molecule has 1 aliphatic rings. The van der Waals surface area contributed by atoms with E-state index in [2.05, 4.69) is 9.97 Å². The van der Waals surface area contributed by atoms with Gasteiger partial charge in [-0.2, -0.15) is 0 Å². The maximum Gasteiger partial charge on any atom is 0.265 e. The monoisotopic (exact) mass is 385 g/mol. The summed E-state index contributed by atoms with van der Waals surface area (Å²) in [6.45, 7) is 0.602. The fourth-order valence-electron chi connectivity index (χ4n) is 2.90. The molecule has 0 saturated heterocycles. The smallest absolute Gasteiger partial charge is 0.265 e. The van der Waals surface area contributed by atoms with Gasteiger partial charge in [0.15, 0.2) is 0 Å². The van der Waals surface area contributed by atoms with Gasteiger partial charge in [0, 0.05) is 29.5 Å². The number of halogens is 2. The minimum absolute atomic E-state index is 0.138. The average Bonchev–Trinajstić information content (AvgIpc) is 3.09. The Labute approximate surface area is 160 Å². The summed E-state index contributed by atoms with van der Waals surface area (Å²) in [4.78, 5) is 22.9. The van der Waals surface area contributed by atoms with Crippen molar-refractivity contribution in [2.45, 2.75) is 6.42 Å². The van der Waals surface area contributed by atoms with Crippen molar-refractivity contribution in [3.05, 3.63) is 76.2 Å². The van der Waals surface area contributed by atoms with Gasteiger partial charge in [-0.3, -0.25) is 4.79 Å². The van der Waals surface area contributed by atoms with Gasteiger partial charge in [-0.15, -0.1) is 0 Å². The minimum Gasteiger partial charge on any atom is -0.436 e. The molecular formula is C19H13Cl2N3O2. The molecule has 0 atom stereocenters. The second-order valence-corrected chi connectivity index (χ2v) is 6.60. The highest BCUT2D eigenvalue weighted by atomic mass is 35.5. The quantitative estimate of drug-likeness (QED) is 0.650. The van der Waals surface area contributed by atoms with E-state index in [-0.39, 0.29) is 17.4 Å². The van der Waals surface area contributed by atoms with Crippen molar-refractivity contribution in [1.82, 2.24) is 9.97 Å². The molecule has 7 heteroatoms. The van der Waals surface area contributed by atoms with Gasteiger partial charge in [0.1, 0.15) is 17.6 Å². The van der Waals surface area contributed by atoms with Crippen LogP contribution in [-0.4, -0.2) is 22.4 Å². The Kier molecular flexibility index (Phi) is 4.49. The maximum absolute atomic E-state index is 13.1. The molecule has 130 valence electrons. The summed E-state index contributed by atoms with van der Waals surface area (Å²) < 4.78 is 5.77. The predicted octanol–water partition coefficient (Wildman–Crippen LogP) is 4.78. The second-order valence-electron chi connectivity index (χ2n) is 5.75. The summed E-state index contributed by atoms with van der Waals surface area (Å²) in [7, 11) is 0. The molecule has 2 heterocycles. The van der Waals surface area contributed by atoms with Crippen molar-refractivity contribution >= 4 is 34.8 Å². The van der Waals surface area contributed by atoms with Crippen LogP contribution in [0.15, 0.2) is 55.0 Å². The topological polar surface area (TPSA) is 55.3 Å². The molecule has 0 saturated carbocycles. The number of rotatable bonds is 3. The number of hydrogen-bond donors (Lipinski definition) is 0. The number of ether oxygens (including phenoxy) is 1. The number of amides is 1. The van der Waals surface area contributed by atoms with Crippen molar-refractivity contribution in [3.63, 3.8) is 0 Å². The minimum atomic E-state index is -0.219. The van der Waals surface area contributed by atoms with Crippen LogP contribution in [0.2, 0.25) is 10.0 Å². The van der Waals surface area contributed by atoms with E-state index in [4.69, 9.17) is 27.9 Å². The summed E-state index contributed by atoms with van der Waals surface area (Å²) >= 11 is 12.1. The molecule has 0 unspecified atom stereocenters. The number of hydrogen-bond acceptors (Lipinski definition) is 4. The van der Waals surface area contributed by atoms with Gasteiger partial charge in [0.2, 0.25) is 5.88 Å². The highest BCUT2D eigenvalue weighted by Crippen LogP contribution is 2.34. The van der Waals surface area contributed by atoms with E-state index in [1.54, 1.807) is 23.1 Å². The Morgan fingerprint density at radius 1 is 1.15 bits per heavy atom. The van der Waals surface area contributed by atoms with Crippen LogP contribution in [0, 0.1) is 0 Å². The van der Waals surface area contributed by atoms with Gasteiger partial charge < -0.3 is 9.64 Å². The third-order valence-electron chi connectivity index (χ3n) is 4.14. The lowest BCUT2D eigenvalue weighted by Gasteiger charge is -2.18. The normalized spacial score (nSPS) is 12.8. The Hall–Kier alpha value is -2.63. The van der Waals surface area contributed by atoms with Crippen molar-refractivity contribution in [3.8, 4) is 11.6 Å². The van der Waals surface area contributed by atoms with Crippen LogP contribution in [0.25, 0.3) is 0 Å². The largest absolute Gasteiger partial charge is 0.436 e. The Balaban J connectivity index is 1.68. The van der Waals surface area contributed by atoms with Gasteiger partial charge in [-0.05, 0) is 30.2 Å². The summed E-state index contributed by atoms with van der Waals surface area (Å²) in [5.41, 5.74) is 2.30.